The van der Waals surface area contributed by atoms with E-state index in [2.05, 4.69) is 19.1 Å². The maximum atomic E-state index is 6.47. The molecule has 3 aromatic rings. The van der Waals surface area contributed by atoms with Gasteiger partial charge < -0.3 is 18.5 Å². The number of methoxy groups -OCH3 is 2. The highest BCUT2D eigenvalue weighted by Crippen LogP contribution is 2.62. The number of ether oxygens (including phenoxy) is 2. The van der Waals surface area contributed by atoms with Crippen LogP contribution in [0.15, 0.2) is 66.7 Å². The topological polar surface area (TPSA) is 40.2 Å². The Morgan fingerprint density at radius 1 is 0.800 bits per heavy atom. The van der Waals surface area contributed by atoms with Crippen molar-refractivity contribution in [1.82, 2.24) is 4.67 Å². The highest BCUT2D eigenvalue weighted by atomic mass is 32.5. The standard InChI is InChI=1S/C23H24NO4PS/c1-16(17-10-6-5-7-11-17)24(2)29(30)27-20-14-8-12-18(25-3)22(20)23-19(26-4)13-9-15-21(23)28-29/h5-16H,1-4H3/t16-/m0/s1. The van der Waals surface area contributed by atoms with Crippen molar-refractivity contribution >= 4 is 18.4 Å². The van der Waals surface area contributed by atoms with Gasteiger partial charge in [-0.05, 0) is 43.8 Å². The minimum Gasteiger partial charge on any atom is -0.496 e. The normalized spacial score (nSPS) is 15.1. The summed E-state index contributed by atoms with van der Waals surface area (Å²) >= 11 is 6.06. The van der Waals surface area contributed by atoms with Crippen LogP contribution in [0.5, 0.6) is 23.0 Å². The van der Waals surface area contributed by atoms with Crippen LogP contribution < -0.4 is 18.5 Å². The van der Waals surface area contributed by atoms with Gasteiger partial charge in [0, 0.05) is 17.8 Å². The molecule has 1 aliphatic rings. The summed E-state index contributed by atoms with van der Waals surface area (Å²) in [6, 6.07) is 21.5. The van der Waals surface area contributed by atoms with Crippen molar-refractivity contribution < 1.29 is 18.5 Å². The van der Waals surface area contributed by atoms with Crippen LogP contribution >= 0.6 is 6.64 Å². The Labute approximate surface area is 182 Å². The van der Waals surface area contributed by atoms with Gasteiger partial charge in [-0.3, -0.25) is 0 Å². The summed E-state index contributed by atoms with van der Waals surface area (Å²) in [5.74, 6) is 2.58. The van der Waals surface area contributed by atoms with E-state index < -0.39 is 6.64 Å². The van der Waals surface area contributed by atoms with E-state index in [9.17, 15) is 0 Å². The summed E-state index contributed by atoms with van der Waals surface area (Å²) < 4.78 is 26.2. The second kappa shape index (κ2) is 8.31. The Balaban J connectivity index is 1.88. The minimum absolute atomic E-state index is 0.00162. The third-order valence-electron chi connectivity index (χ3n) is 5.32. The summed E-state index contributed by atoms with van der Waals surface area (Å²) in [5.41, 5.74) is 2.69. The lowest BCUT2D eigenvalue weighted by molar-refractivity contribution is 0.340. The van der Waals surface area contributed by atoms with E-state index in [4.69, 9.17) is 30.3 Å². The van der Waals surface area contributed by atoms with Gasteiger partial charge in [0.15, 0.2) is 0 Å². The summed E-state index contributed by atoms with van der Waals surface area (Å²) in [5, 5.41) is 0. The lowest BCUT2D eigenvalue weighted by Crippen LogP contribution is -2.24. The van der Waals surface area contributed by atoms with E-state index in [1.807, 2.05) is 66.3 Å². The van der Waals surface area contributed by atoms with Gasteiger partial charge in [-0.25, -0.2) is 4.67 Å². The molecule has 0 saturated carbocycles. The average Bonchev–Trinajstić information content (AvgIpc) is 2.92. The van der Waals surface area contributed by atoms with Crippen molar-refractivity contribution in [3.63, 3.8) is 0 Å². The number of rotatable bonds is 5. The molecule has 0 N–H and O–H groups in total. The summed E-state index contributed by atoms with van der Waals surface area (Å²) in [6.07, 6.45) is 0. The zero-order valence-electron chi connectivity index (χ0n) is 17.4. The molecule has 0 amide bonds. The van der Waals surface area contributed by atoms with Crippen LogP contribution in [-0.2, 0) is 11.8 Å². The third kappa shape index (κ3) is 3.56. The van der Waals surface area contributed by atoms with Crippen molar-refractivity contribution in [2.45, 2.75) is 13.0 Å². The van der Waals surface area contributed by atoms with E-state index in [1.54, 1.807) is 14.2 Å². The van der Waals surface area contributed by atoms with Crippen LogP contribution in [0.1, 0.15) is 18.5 Å². The molecule has 7 heteroatoms. The first kappa shape index (κ1) is 20.7. The average molecular weight is 441 g/mol. The molecule has 0 fully saturated rings. The Hall–Kier alpha value is -2.53. The molecule has 4 rings (SSSR count). The zero-order chi connectivity index (χ0) is 21.3. The van der Waals surface area contributed by atoms with Crippen molar-refractivity contribution in [1.29, 1.82) is 0 Å². The molecular formula is C23H24NO4PS. The maximum absolute atomic E-state index is 6.47. The van der Waals surface area contributed by atoms with Crippen molar-refractivity contribution in [3.8, 4) is 34.1 Å². The number of hydrogen-bond acceptors (Lipinski definition) is 5. The molecule has 0 aromatic heterocycles. The van der Waals surface area contributed by atoms with Crippen LogP contribution in [0.3, 0.4) is 0 Å². The van der Waals surface area contributed by atoms with Gasteiger partial charge in [-0.1, -0.05) is 42.5 Å². The van der Waals surface area contributed by atoms with Gasteiger partial charge in [0.1, 0.15) is 23.0 Å². The predicted octanol–water partition coefficient (Wildman–Crippen LogP) is 6.06. The Bertz CT molecular complexity index is 1050. The van der Waals surface area contributed by atoms with E-state index in [0.717, 1.165) is 16.7 Å². The Morgan fingerprint density at radius 3 is 1.77 bits per heavy atom. The molecule has 0 radical (unpaired) electrons. The number of benzene rings is 3. The fraction of sp³-hybridized carbons (Fsp3) is 0.217. The summed E-state index contributed by atoms with van der Waals surface area (Å²) in [7, 11) is 5.22. The quantitative estimate of drug-likeness (QED) is 0.448. The SMILES string of the molecule is COc1cccc2c1-c1c(OC)cccc1OP(=S)(N(C)[C@@H](C)c1ccccc1)O2. The molecule has 1 atom stereocenters. The molecule has 3 aromatic carbocycles. The first-order chi connectivity index (χ1) is 14.5. The molecule has 1 heterocycles. The summed E-state index contributed by atoms with van der Waals surface area (Å²) in [4.78, 5) is 0. The Morgan fingerprint density at radius 2 is 1.30 bits per heavy atom. The van der Waals surface area contributed by atoms with Gasteiger partial charge in [0.25, 0.3) is 0 Å². The third-order valence-corrected chi connectivity index (χ3v) is 8.52. The molecule has 0 spiro atoms. The highest BCUT2D eigenvalue weighted by Gasteiger charge is 2.38. The second-order valence-electron chi connectivity index (χ2n) is 6.98. The Kier molecular flexibility index (Phi) is 5.74. The molecule has 0 bridgehead atoms. The fourth-order valence-electron chi connectivity index (χ4n) is 3.56. The van der Waals surface area contributed by atoms with Gasteiger partial charge in [0.05, 0.1) is 25.3 Å². The van der Waals surface area contributed by atoms with Crippen LogP contribution in [0.25, 0.3) is 11.1 Å². The smallest absolute Gasteiger partial charge is 0.368 e. The van der Waals surface area contributed by atoms with Gasteiger partial charge in [-0.15, -0.1) is 0 Å². The lowest BCUT2D eigenvalue weighted by Gasteiger charge is -2.34. The van der Waals surface area contributed by atoms with E-state index in [1.165, 1.54) is 0 Å². The van der Waals surface area contributed by atoms with Crippen LogP contribution in [-0.4, -0.2) is 25.9 Å². The van der Waals surface area contributed by atoms with Crippen LogP contribution in [0.2, 0.25) is 0 Å². The first-order valence-corrected chi connectivity index (χ1v) is 12.2. The minimum atomic E-state index is -2.94. The van der Waals surface area contributed by atoms with Gasteiger partial charge in [-0.2, -0.15) is 0 Å². The predicted molar refractivity (Wildman–Crippen MR) is 123 cm³/mol. The van der Waals surface area contributed by atoms with Crippen LogP contribution in [0.4, 0.5) is 0 Å². The lowest BCUT2D eigenvalue weighted by atomic mass is 10.0. The molecule has 5 nitrogen and oxygen atoms in total. The molecule has 30 heavy (non-hydrogen) atoms. The largest absolute Gasteiger partial charge is 0.496 e. The molecular weight excluding hydrogens is 417 g/mol. The highest BCUT2D eigenvalue weighted by molar-refractivity contribution is 8.09. The van der Waals surface area contributed by atoms with E-state index in [0.29, 0.717) is 23.0 Å². The van der Waals surface area contributed by atoms with Gasteiger partial charge >= 0.3 is 6.64 Å². The van der Waals surface area contributed by atoms with E-state index in [-0.39, 0.29) is 6.04 Å². The molecule has 0 saturated heterocycles. The zero-order valence-corrected chi connectivity index (χ0v) is 19.1. The molecule has 1 aliphatic heterocycles. The van der Waals surface area contributed by atoms with E-state index >= 15 is 0 Å². The first-order valence-electron chi connectivity index (χ1n) is 9.60. The second-order valence-corrected chi connectivity index (χ2v) is 10.3. The van der Waals surface area contributed by atoms with Crippen molar-refractivity contribution in [2.75, 3.05) is 21.3 Å². The fourth-order valence-corrected chi connectivity index (χ4v) is 6.12. The van der Waals surface area contributed by atoms with Gasteiger partial charge in [0.2, 0.25) is 0 Å². The monoisotopic (exact) mass is 441 g/mol. The number of hydrogen-bond donors (Lipinski definition) is 0. The summed E-state index contributed by atoms with van der Waals surface area (Å²) in [6.45, 7) is -0.842. The number of fused-ring (bicyclic) bond motifs is 3. The molecule has 0 aliphatic carbocycles. The molecule has 0 unspecified atom stereocenters. The van der Waals surface area contributed by atoms with Crippen molar-refractivity contribution in [3.05, 3.63) is 72.3 Å². The maximum Gasteiger partial charge on any atom is 0.368 e. The van der Waals surface area contributed by atoms with Crippen molar-refractivity contribution in [2.24, 2.45) is 0 Å². The van der Waals surface area contributed by atoms with Crippen LogP contribution in [0, 0.1) is 0 Å². The number of nitrogens with zero attached hydrogens (tertiary/aromatic N) is 1. The molecule has 156 valence electrons.